The van der Waals surface area contributed by atoms with Crippen molar-refractivity contribution in [2.24, 2.45) is 35.2 Å². The zero-order valence-electron chi connectivity index (χ0n) is 86.4. The Balaban J connectivity index is 0.000000147. The number of aryl methyl sites for hydroxylation is 11. The van der Waals surface area contributed by atoms with Crippen LogP contribution in [-0.2, 0) is 59.8 Å². The third kappa shape index (κ3) is 25.2. The molecular weight excluding hydrogens is 1740 g/mol. The van der Waals surface area contributed by atoms with Gasteiger partial charge in [0.05, 0.1) is 13.3 Å². The first-order valence-electron chi connectivity index (χ1n) is 48.1. The van der Waals surface area contributed by atoms with Crippen LogP contribution >= 0.6 is 0 Å². The van der Waals surface area contributed by atoms with Crippen LogP contribution in [0.1, 0.15) is 227 Å². The molecular formula is C119H139N13O8. The highest BCUT2D eigenvalue weighted by molar-refractivity contribution is 5.91. The third-order valence-corrected chi connectivity index (χ3v) is 25.3. The van der Waals surface area contributed by atoms with Crippen molar-refractivity contribution in [3.63, 3.8) is 0 Å². The average molecular weight is 1880 g/mol. The Hall–Kier alpha value is -15.2. The van der Waals surface area contributed by atoms with Crippen LogP contribution in [0.3, 0.4) is 0 Å². The lowest BCUT2D eigenvalue weighted by atomic mass is 10.00. The zero-order valence-corrected chi connectivity index (χ0v) is 86.4. The number of nitriles is 2. The minimum atomic E-state index is 0.0944. The second-order valence-corrected chi connectivity index (χ2v) is 38.4. The normalized spacial score (nSPS) is 11.3. The van der Waals surface area contributed by atoms with Crippen LogP contribution in [0.2, 0.25) is 0 Å². The molecule has 0 fully saturated rings. The minimum Gasteiger partial charge on any atom is -0.508 e. The van der Waals surface area contributed by atoms with Gasteiger partial charge in [-0.15, -0.1) is 0 Å². The first kappa shape index (κ1) is 104. The number of H-pyrrole nitrogens is 2. The van der Waals surface area contributed by atoms with E-state index in [0.717, 1.165) is 72.7 Å². The topological polar surface area (TPSA) is 266 Å². The highest BCUT2D eigenvalue weighted by atomic mass is 16.5. The van der Waals surface area contributed by atoms with Crippen molar-refractivity contribution in [1.82, 2.24) is 42.8 Å². The maximum absolute atomic E-state index is 9.90. The molecule has 140 heavy (non-hydrogen) atoms. The first-order valence-corrected chi connectivity index (χ1v) is 48.1. The lowest BCUT2D eigenvalue weighted by Gasteiger charge is -2.15. The summed E-state index contributed by atoms with van der Waals surface area (Å²) in [6.07, 6.45) is 17.4. The number of phenols is 1. The molecule has 18 aromatic rings. The van der Waals surface area contributed by atoms with Crippen LogP contribution in [0.4, 0.5) is 11.8 Å². The lowest BCUT2D eigenvalue weighted by Crippen LogP contribution is -2.02. The number of aromatic nitrogens is 9. The number of phenolic OH excluding ortho intramolecular Hbond substituents is 1. The minimum absolute atomic E-state index is 0.0944. The Kier molecular flexibility index (Phi) is 34.6. The van der Waals surface area contributed by atoms with Crippen molar-refractivity contribution in [2.45, 2.75) is 200 Å². The molecule has 0 bridgehead atoms. The smallest absolute Gasteiger partial charge is 0.238 e. The van der Waals surface area contributed by atoms with Gasteiger partial charge in [0, 0.05) is 155 Å². The molecule has 8 heterocycles. The van der Waals surface area contributed by atoms with Gasteiger partial charge in [0.1, 0.15) is 78.5 Å². The van der Waals surface area contributed by atoms with Crippen molar-refractivity contribution in [2.75, 3.05) is 25.2 Å². The Morgan fingerprint density at radius 2 is 0.736 bits per heavy atom. The van der Waals surface area contributed by atoms with Gasteiger partial charge in [0.2, 0.25) is 11.7 Å². The van der Waals surface area contributed by atoms with E-state index in [1.807, 2.05) is 106 Å². The van der Waals surface area contributed by atoms with Crippen molar-refractivity contribution in [3.8, 4) is 58.1 Å². The number of nitrogens with zero attached hydrogens (tertiary/aromatic N) is 9. The van der Waals surface area contributed by atoms with E-state index in [1.54, 1.807) is 0 Å². The fourth-order valence-electron chi connectivity index (χ4n) is 17.6. The molecule has 0 spiro atoms. The molecule has 728 valence electrons. The molecule has 0 aliphatic rings. The predicted molar refractivity (Wildman–Crippen MR) is 576 cm³/mol. The van der Waals surface area contributed by atoms with Crippen LogP contribution in [0, 0.1) is 64.2 Å². The summed E-state index contributed by atoms with van der Waals surface area (Å²) in [6, 6.07) is 66.7. The van der Waals surface area contributed by atoms with Gasteiger partial charge in [-0.2, -0.15) is 15.5 Å². The highest BCUT2D eigenvalue weighted by Gasteiger charge is 2.23. The first-order chi connectivity index (χ1) is 66.8. The van der Waals surface area contributed by atoms with E-state index in [1.165, 1.54) is 141 Å². The van der Waals surface area contributed by atoms with Gasteiger partial charge < -0.3 is 82.5 Å². The number of fused-ring (bicyclic) bond motifs is 7. The van der Waals surface area contributed by atoms with Crippen LogP contribution < -0.4 is 39.9 Å². The van der Waals surface area contributed by atoms with Crippen LogP contribution in [-0.4, -0.2) is 61.6 Å². The van der Waals surface area contributed by atoms with Crippen molar-refractivity contribution in [3.05, 3.63) is 333 Å². The number of methoxy groups -OCH3 is 1. The van der Waals surface area contributed by atoms with Gasteiger partial charge in [0.25, 0.3) is 0 Å². The number of anilines is 2. The number of ether oxygens (including phenoxy) is 7. The molecule has 0 radical (unpaired) electrons. The van der Waals surface area contributed by atoms with Gasteiger partial charge in [-0.1, -0.05) is 188 Å². The fraction of sp³-hybridized carbons (Fsp3) is 0.311. The summed E-state index contributed by atoms with van der Waals surface area (Å²) < 4.78 is 51.1. The molecule has 8 aromatic heterocycles. The molecule has 0 aliphatic carbocycles. The van der Waals surface area contributed by atoms with Crippen LogP contribution in [0.25, 0.3) is 76.3 Å². The highest BCUT2D eigenvalue weighted by Crippen LogP contribution is 2.43. The second kappa shape index (κ2) is 46.8. The van der Waals surface area contributed by atoms with E-state index < -0.39 is 0 Å². The SMILES string of the molecule is CC(C)c1cc2[nH]ccc2cc1OCc1ccccc1.CO/C=C(\C#N)Oc1cc2c(C)cn(C)c2cc1C(C)C.Cc1c[nH]c2cc(C(C)C)c(OCc3ccccc3)cc12.Cc1cn(C)c2cc(C(C)C)c(O)cc12.Cc1cn(C)c2cc(C(C)C)c(OCC#N)cc12.Cc1cn(C)c2cc(C(C)C)c(OCc3ccccc3)cc12.Cc1cn(C)c2cc(C(C)C)c(Oc3cnc(N)nc3N)cc12. The van der Waals surface area contributed by atoms with E-state index in [4.69, 9.17) is 55.1 Å². The van der Waals surface area contributed by atoms with E-state index >= 15 is 0 Å². The summed E-state index contributed by atoms with van der Waals surface area (Å²) >= 11 is 0. The number of nitrogens with two attached hydrogens (primary N) is 2. The largest absolute Gasteiger partial charge is 0.508 e. The quantitative estimate of drug-likeness (QED) is 0.0295. The molecule has 0 atom stereocenters. The molecule has 21 nitrogen and oxygen atoms in total. The number of rotatable bonds is 23. The summed E-state index contributed by atoms with van der Waals surface area (Å²) in [4.78, 5) is 14.5. The number of nitrogens with one attached hydrogen (secondary N) is 2. The van der Waals surface area contributed by atoms with Gasteiger partial charge in [-0.3, -0.25) is 0 Å². The van der Waals surface area contributed by atoms with Crippen molar-refractivity contribution >= 4 is 88.1 Å². The van der Waals surface area contributed by atoms with E-state index in [2.05, 4.69) is 348 Å². The zero-order chi connectivity index (χ0) is 101. The van der Waals surface area contributed by atoms with Crippen molar-refractivity contribution < 1.29 is 38.3 Å². The molecule has 0 saturated heterocycles. The van der Waals surface area contributed by atoms with Crippen LogP contribution in [0.5, 0.6) is 46.0 Å². The number of hydrogen-bond acceptors (Lipinski definition) is 14. The summed E-state index contributed by atoms with van der Waals surface area (Å²) in [5.74, 6) is 9.24. The lowest BCUT2D eigenvalue weighted by molar-refractivity contribution is 0.302. The van der Waals surface area contributed by atoms with Gasteiger partial charge >= 0.3 is 0 Å². The number of benzene rings is 10. The molecule has 18 rings (SSSR count). The monoisotopic (exact) mass is 1880 g/mol. The molecule has 0 saturated carbocycles. The molecule has 0 unspecified atom stereocenters. The maximum atomic E-state index is 9.90. The second-order valence-electron chi connectivity index (χ2n) is 38.4. The number of aromatic hydroxyl groups is 1. The maximum Gasteiger partial charge on any atom is 0.238 e. The number of hydrogen-bond donors (Lipinski definition) is 5. The Morgan fingerprint density at radius 3 is 1.12 bits per heavy atom. The number of allylic oxidation sites excluding steroid dienone is 1. The third-order valence-electron chi connectivity index (χ3n) is 25.3. The fourth-order valence-corrected chi connectivity index (χ4v) is 17.6. The summed E-state index contributed by atoms with van der Waals surface area (Å²) in [5.41, 5.74) is 38.8. The van der Waals surface area contributed by atoms with Gasteiger partial charge in [0.15, 0.2) is 18.2 Å². The van der Waals surface area contributed by atoms with Crippen molar-refractivity contribution in [1.29, 1.82) is 10.5 Å². The Morgan fingerprint density at radius 1 is 0.393 bits per heavy atom. The van der Waals surface area contributed by atoms with E-state index in [9.17, 15) is 5.11 Å². The number of aromatic amines is 2. The Labute approximate surface area is 825 Å². The van der Waals surface area contributed by atoms with Gasteiger partial charge in [-0.25, -0.2) is 4.98 Å². The summed E-state index contributed by atoms with van der Waals surface area (Å²) in [5, 5.41) is 36.0. The van der Waals surface area contributed by atoms with Gasteiger partial charge in [-0.05, 0) is 263 Å². The molecule has 21 heteroatoms. The number of nitrogen functional groups attached to an aromatic ring is 2. The van der Waals surface area contributed by atoms with E-state index in [0.29, 0.717) is 78.5 Å². The summed E-state index contributed by atoms with van der Waals surface area (Å²) in [7, 11) is 11.8. The molecule has 10 aromatic carbocycles. The standard InChI is InChI=1S/C20H23NO.C19H21NO.C18H19NO.C17H21N5O.C17H20N2O2.C15H18N2O.C13H17NO/c1-14(2)17-10-19-18(15(3)12-21(19)4)11-20(17)22-13-16-8-6-5-7-9-16;1-13(2)16-9-18-17(14(3)11-20-18)10-19(16)21-12-15-7-5-4-6-8-15;1-13(2)16-11-17-15(8-9-19-17)10-18(16)20-12-14-6-4-3-5-7-14;1-9(2)11-5-13-12(10(3)8-22(13)4)6-14(11)23-15-7-20-17(19)21-16(15)18;1-11(2)14-6-16-15(12(3)9-19(16)4)7-17(14)21-13(8-18)10-20-5;1-10(2)12-7-14-13(11(3)9-17(14)4)8-15(12)18-6-5-16;1-8(2)10-5-12-11(6-13(10)15)9(3)7-14(12)4/h5-12,14H,13H2,1-4H3;4-11,13,20H,12H2,1-3H3;3-11,13,19H,12H2,1-2H3;5-9H,1-4H3,(H4,18,19,20,21);6-7,9-11H,1-5H3;7-10H,6H2,1-4H3;5-8,15H,1-4H3/b;;;;13-10+;;. The van der Waals surface area contributed by atoms with Crippen LogP contribution in [0.15, 0.2) is 244 Å². The average Bonchev–Trinajstić information content (AvgIpc) is 1.50. The molecule has 7 N–H and O–H groups in total. The predicted octanol–water partition coefficient (Wildman–Crippen LogP) is 29.4. The molecule has 0 aliphatic heterocycles. The van der Waals surface area contributed by atoms with E-state index in [-0.39, 0.29) is 24.1 Å². The Bertz CT molecular complexity index is 7420. The summed E-state index contributed by atoms with van der Waals surface area (Å²) in [6.45, 7) is 44.6. The molecule has 0 amide bonds.